The van der Waals surface area contributed by atoms with Gasteiger partial charge in [0.2, 0.25) is 5.91 Å². The maximum absolute atomic E-state index is 12.0. The number of aliphatic carboxylic acids is 1. The highest BCUT2D eigenvalue weighted by Crippen LogP contribution is 2.34. The molecule has 4 rings (SSSR count). The minimum absolute atomic E-state index is 0.0772. The van der Waals surface area contributed by atoms with Crippen molar-refractivity contribution in [3.63, 3.8) is 0 Å². The Labute approximate surface area is 199 Å². The number of nitrogens with zero attached hydrogens (tertiary/aromatic N) is 2. The summed E-state index contributed by atoms with van der Waals surface area (Å²) in [6, 6.07) is 3.25. The minimum Gasteiger partial charge on any atom is -0.480 e. The lowest BCUT2D eigenvalue weighted by atomic mass is 9.79. The molecule has 34 heavy (non-hydrogen) atoms. The Morgan fingerprint density at radius 2 is 2.06 bits per heavy atom. The Balaban J connectivity index is 1.09. The molecule has 186 valence electrons. The Morgan fingerprint density at radius 1 is 1.26 bits per heavy atom. The van der Waals surface area contributed by atoms with Crippen molar-refractivity contribution in [1.29, 1.82) is 0 Å². The summed E-state index contributed by atoms with van der Waals surface area (Å²) >= 11 is 0. The molecule has 2 aliphatic heterocycles. The molecule has 10 nitrogen and oxygen atoms in total. The van der Waals surface area contributed by atoms with Gasteiger partial charge in [0.1, 0.15) is 18.0 Å². The van der Waals surface area contributed by atoms with E-state index in [1.54, 1.807) is 4.90 Å². The first-order valence-electron chi connectivity index (χ1n) is 12.2. The van der Waals surface area contributed by atoms with Crippen molar-refractivity contribution in [3.8, 4) is 0 Å². The van der Waals surface area contributed by atoms with Crippen molar-refractivity contribution < 1.29 is 29.0 Å². The highest BCUT2D eigenvalue weighted by Gasteiger charge is 2.33. The van der Waals surface area contributed by atoms with Gasteiger partial charge in [-0.15, -0.1) is 0 Å². The highest BCUT2D eigenvalue weighted by atomic mass is 16.6. The molecule has 0 aromatic carbocycles. The van der Waals surface area contributed by atoms with Crippen LogP contribution in [0.4, 0.5) is 10.6 Å². The fourth-order valence-electron chi connectivity index (χ4n) is 4.61. The number of aromatic nitrogens is 1. The lowest BCUT2D eigenvalue weighted by Gasteiger charge is -2.37. The number of hydrogen-bond acceptors (Lipinski definition) is 7. The van der Waals surface area contributed by atoms with Gasteiger partial charge >= 0.3 is 12.1 Å². The van der Waals surface area contributed by atoms with Crippen LogP contribution >= 0.6 is 0 Å². The van der Waals surface area contributed by atoms with Crippen LogP contribution in [-0.2, 0) is 31.9 Å². The van der Waals surface area contributed by atoms with E-state index in [9.17, 15) is 19.5 Å². The van der Waals surface area contributed by atoms with Gasteiger partial charge in [-0.2, -0.15) is 0 Å². The first kappa shape index (κ1) is 24.3. The number of fused-ring (bicyclic) bond motifs is 1. The van der Waals surface area contributed by atoms with Crippen LogP contribution in [0, 0.1) is 5.92 Å². The third-order valence-corrected chi connectivity index (χ3v) is 6.87. The number of alkyl carbamates (subject to hydrolysis) is 1. The summed E-state index contributed by atoms with van der Waals surface area (Å²) in [4.78, 5) is 40.9. The molecule has 2 amide bonds. The summed E-state index contributed by atoms with van der Waals surface area (Å²) < 4.78 is 11.0. The molecule has 0 unspecified atom stereocenters. The average Bonchev–Trinajstić information content (AvgIpc) is 2.75. The van der Waals surface area contributed by atoms with Gasteiger partial charge in [-0.05, 0) is 56.1 Å². The number of amides is 2. The monoisotopic (exact) mass is 474 g/mol. The highest BCUT2D eigenvalue weighted by molar-refractivity contribution is 5.80. The number of carbonyl (C=O) groups excluding carboxylic acids is 2. The van der Waals surface area contributed by atoms with E-state index in [-0.39, 0.29) is 25.0 Å². The van der Waals surface area contributed by atoms with E-state index >= 15 is 0 Å². The zero-order valence-corrected chi connectivity index (χ0v) is 19.6. The molecule has 2 fully saturated rings. The number of anilines is 1. The van der Waals surface area contributed by atoms with E-state index in [0.717, 1.165) is 56.6 Å². The van der Waals surface area contributed by atoms with Crippen molar-refractivity contribution in [3.05, 3.63) is 23.4 Å². The normalized spacial score (nSPS) is 22.4. The summed E-state index contributed by atoms with van der Waals surface area (Å²) in [5.74, 6) is 0.427. The fourth-order valence-corrected chi connectivity index (χ4v) is 4.61. The molecule has 0 spiro atoms. The predicted octanol–water partition coefficient (Wildman–Crippen LogP) is 1.97. The van der Waals surface area contributed by atoms with Gasteiger partial charge in [0, 0.05) is 32.2 Å². The summed E-state index contributed by atoms with van der Waals surface area (Å²) in [5.41, 5.74) is 2.42. The van der Waals surface area contributed by atoms with E-state index < -0.39 is 24.2 Å². The van der Waals surface area contributed by atoms with Gasteiger partial charge in [0.25, 0.3) is 0 Å². The predicted molar refractivity (Wildman–Crippen MR) is 124 cm³/mol. The molecule has 3 heterocycles. The third-order valence-electron chi connectivity index (χ3n) is 6.87. The van der Waals surface area contributed by atoms with Gasteiger partial charge < -0.3 is 30.1 Å². The largest absolute Gasteiger partial charge is 0.480 e. The summed E-state index contributed by atoms with van der Waals surface area (Å²) in [7, 11) is 0. The van der Waals surface area contributed by atoms with E-state index in [1.165, 1.54) is 12.5 Å². The molecule has 0 radical (unpaired) electrons. The number of carboxylic acids is 1. The lowest BCUT2D eigenvalue weighted by molar-refractivity contribution is -0.140. The van der Waals surface area contributed by atoms with E-state index in [0.29, 0.717) is 19.0 Å². The minimum atomic E-state index is -1.13. The summed E-state index contributed by atoms with van der Waals surface area (Å²) in [6.07, 6.45) is 5.33. The van der Waals surface area contributed by atoms with Crippen LogP contribution < -0.4 is 10.6 Å². The molecule has 10 heteroatoms. The Morgan fingerprint density at radius 3 is 2.79 bits per heavy atom. The maximum Gasteiger partial charge on any atom is 0.408 e. The van der Waals surface area contributed by atoms with Crippen molar-refractivity contribution in [1.82, 2.24) is 15.2 Å². The van der Waals surface area contributed by atoms with Crippen molar-refractivity contribution in [2.45, 2.75) is 70.1 Å². The lowest BCUT2D eigenvalue weighted by Crippen LogP contribution is -2.56. The molecule has 1 saturated carbocycles. The number of rotatable bonds is 10. The molecule has 1 atom stereocenters. The molecule has 1 aliphatic carbocycles. The van der Waals surface area contributed by atoms with Gasteiger partial charge in [-0.25, -0.2) is 14.6 Å². The Hall–Kier alpha value is -2.88. The first-order valence-corrected chi connectivity index (χ1v) is 12.2. The zero-order chi connectivity index (χ0) is 24.1. The average molecular weight is 475 g/mol. The van der Waals surface area contributed by atoms with Gasteiger partial charge in [-0.3, -0.25) is 4.79 Å². The third kappa shape index (κ3) is 6.37. The molecule has 1 aromatic rings. The van der Waals surface area contributed by atoms with E-state index in [1.807, 2.05) is 0 Å². The van der Waals surface area contributed by atoms with Crippen LogP contribution in [0.3, 0.4) is 0 Å². The second kappa shape index (κ2) is 11.0. The number of aryl methyl sites for hydroxylation is 2. The molecule has 3 N–H and O–H groups in total. The molecular formula is C24H34N4O6. The van der Waals surface area contributed by atoms with Crippen LogP contribution in [-0.4, -0.2) is 77.5 Å². The molecule has 0 bridgehead atoms. The topological polar surface area (TPSA) is 130 Å². The van der Waals surface area contributed by atoms with Crippen molar-refractivity contribution in [2.75, 3.05) is 31.6 Å². The molecule has 3 aliphatic rings. The van der Waals surface area contributed by atoms with Crippen molar-refractivity contribution in [2.24, 2.45) is 5.92 Å². The SMILES string of the molecule is CC(=O)N1CC(OC(=O)N[C@@H](CCOC2CC(CCc3ccc4c(n3)NCCC4)C2)C(=O)O)C1. The Bertz CT molecular complexity index is 897. The van der Waals surface area contributed by atoms with Gasteiger partial charge in [0.15, 0.2) is 0 Å². The molecule has 1 saturated heterocycles. The summed E-state index contributed by atoms with van der Waals surface area (Å²) in [5, 5.41) is 15.1. The van der Waals surface area contributed by atoms with Crippen LogP contribution in [0.25, 0.3) is 0 Å². The number of likely N-dealkylation sites (tertiary alicyclic amines) is 1. The van der Waals surface area contributed by atoms with Crippen LogP contribution in [0.1, 0.15) is 50.3 Å². The molecule has 1 aromatic heterocycles. The quantitative estimate of drug-likeness (QED) is 0.469. The van der Waals surface area contributed by atoms with Crippen LogP contribution in [0.2, 0.25) is 0 Å². The second-order valence-corrected chi connectivity index (χ2v) is 9.48. The van der Waals surface area contributed by atoms with Gasteiger partial charge in [-0.1, -0.05) is 6.07 Å². The Kier molecular flexibility index (Phi) is 7.87. The number of hydrogen-bond donors (Lipinski definition) is 3. The zero-order valence-electron chi connectivity index (χ0n) is 19.6. The van der Waals surface area contributed by atoms with E-state index in [2.05, 4.69) is 22.8 Å². The fraction of sp³-hybridized carbons (Fsp3) is 0.667. The van der Waals surface area contributed by atoms with E-state index in [4.69, 9.17) is 14.5 Å². The number of pyridine rings is 1. The van der Waals surface area contributed by atoms with Gasteiger partial charge in [0.05, 0.1) is 19.2 Å². The standard InChI is InChI=1S/C24H34N4O6/c1-15(29)28-13-20(14-28)34-24(32)27-21(23(30)31)8-10-33-19-11-16(12-19)4-6-18-7-5-17-3-2-9-25-22(17)26-18/h5,7,16,19-21H,2-4,6,8-14H2,1H3,(H,25,26)(H,27,32)(H,30,31)/t16?,19?,21-/m0/s1. The summed E-state index contributed by atoms with van der Waals surface area (Å²) in [6.45, 7) is 3.38. The number of carbonyl (C=O) groups is 3. The number of carboxylic acid groups (broad SMARTS) is 1. The van der Waals surface area contributed by atoms with Crippen LogP contribution in [0.15, 0.2) is 12.1 Å². The molecular weight excluding hydrogens is 440 g/mol. The first-order chi connectivity index (χ1) is 16.4. The smallest absolute Gasteiger partial charge is 0.408 e. The van der Waals surface area contributed by atoms with Crippen LogP contribution in [0.5, 0.6) is 0 Å². The van der Waals surface area contributed by atoms with Crippen molar-refractivity contribution >= 4 is 23.8 Å². The second-order valence-electron chi connectivity index (χ2n) is 9.48. The maximum atomic E-state index is 12.0. The number of ether oxygens (including phenoxy) is 2. The number of nitrogens with one attached hydrogen (secondary N) is 2.